The Morgan fingerprint density at radius 1 is 1.20 bits per heavy atom. The number of halogens is 1. The highest BCUT2D eigenvalue weighted by molar-refractivity contribution is 9.10. The van der Waals surface area contributed by atoms with Gasteiger partial charge in [-0.05, 0) is 81.9 Å². The average Bonchev–Trinajstić information content (AvgIpc) is 2.89. The molecule has 1 saturated carbocycles. The highest BCUT2D eigenvalue weighted by Crippen LogP contribution is 2.37. The quantitative estimate of drug-likeness (QED) is 0.795. The molecular weight excluding hydrogens is 312 g/mol. The van der Waals surface area contributed by atoms with Crippen LogP contribution >= 0.6 is 15.9 Å². The summed E-state index contributed by atoms with van der Waals surface area (Å²) in [7, 11) is 0. The number of rotatable bonds is 6. The van der Waals surface area contributed by atoms with Crippen molar-refractivity contribution in [3.8, 4) is 0 Å². The number of nitrogens with one attached hydrogen (secondary N) is 1. The zero-order valence-corrected chi connectivity index (χ0v) is 13.7. The summed E-state index contributed by atoms with van der Waals surface area (Å²) in [6.45, 7) is 5.13. The fourth-order valence-electron chi connectivity index (χ4n) is 3.43. The first-order valence-corrected chi connectivity index (χ1v) is 8.82. The molecule has 0 bridgehead atoms. The van der Waals surface area contributed by atoms with Crippen molar-refractivity contribution in [3.63, 3.8) is 0 Å². The molecule has 110 valence electrons. The average molecular weight is 337 g/mol. The molecule has 0 radical (unpaired) electrons. The fraction of sp³-hybridized carbons (Fsp3) is 0.647. The largest absolute Gasteiger partial charge is 0.314 e. The van der Waals surface area contributed by atoms with E-state index < -0.39 is 0 Å². The highest BCUT2D eigenvalue weighted by atomic mass is 79.9. The van der Waals surface area contributed by atoms with E-state index in [1.807, 2.05) is 0 Å². The molecule has 0 atom stereocenters. The van der Waals surface area contributed by atoms with Gasteiger partial charge in [-0.15, -0.1) is 0 Å². The molecule has 0 unspecified atom stereocenters. The normalized spacial score (nSPS) is 26.6. The summed E-state index contributed by atoms with van der Waals surface area (Å²) in [4.78, 5) is 2.60. The number of benzene rings is 1. The van der Waals surface area contributed by atoms with Crippen molar-refractivity contribution in [3.05, 3.63) is 34.3 Å². The summed E-state index contributed by atoms with van der Waals surface area (Å²) in [5.74, 6) is 0.767. The van der Waals surface area contributed by atoms with Gasteiger partial charge in [-0.25, -0.2) is 0 Å². The van der Waals surface area contributed by atoms with Crippen molar-refractivity contribution in [2.24, 2.45) is 0 Å². The second kappa shape index (κ2) is 7.06. The minimum absolute atomic E-state index is 0.748. The number of likely N-dealkylation sites (tertiary alicyclic amines) is 1. The Morgan fingerprint density at radius 2 is 2.00 bits per heavy atom. The first-order valence-electron chi connectivity index (χ1n) is 8.02. The Bertz CT molecular complexity index is 423. The minimum atomic E-state index is 0.748. The summed E-state index contributed by atoms with van der Waals surface area (Å²) in [6, 6.07) is 9.54. The van der Waals surface area contributed by atoms with Crippen LogP contribution in [0.15, 0.2) is 28.7 Å². The SMILES string of the molecule is Brc1cccc(C2CC(NCCCN3CCCC3)C2)c1. The molecule has 1 heterocycles. The molecule has 2 nitrogen and oxygen atoms in total. The zero-order valence-electron chi connectivity index (χ0n) is 12.2. The van der Waals surface area contributed by atoms with E-state index in [0.29, 0.717) is 0 Å². The molecule has 1 aromatic carbocycles. The van der Waals surface area contributed by atoms with Crippen LogP contribution < -0.4 is 5.32 Å². The molecule has 3 rings (SSSR count). The molecule has 20 heavy (non-hydrogen) atoms. The van der Waals surface area contributed by atoms with Crippen LogP contribution in [-0.2, 0) is 0 Å². The van der Waals surface area contributed by atoms with Crippen LogP contribution in [-0.4, -0.2) is 37.1 Å². The monoisotopic (exact) mass is 336 g/mol. The van der Waals surface area contributed by atoms with Gasteiger partial charge >= 0.3 is 0 Å². The minimum Gasteiger partial charge on any atom is -0.314 e. The number of hydrogen-bond acceptors (Lipinski definition) is 2. The zero-order chi connectivity index (χ0) is 13.8. The van der Waals surface area contributed by atoms with Gasteiger partial charge in [0.25, 0.3) is 0 Å². The van der Waals surface area contributed by atoms with Crippen molar-refractivity contribution in [1.29, 1.82) is 0 Å². The molecule has 1 aromatic rings. The Morgan fingerprint density at radius 3 is 2.75 bits per heavy atom. The lowest BCUT2D eigenvalue weighted by Crippen LogP contribution is -2.41. The van der Waals surface area contributed by atoms with Crippen molar-refractivity contribution < 1.29 is 0 Å². The van der Waals surface area contributed by atoms with Crippen LogP contribution in [0.25, 0.3) is 0 Å². The van der Waals surface area contributed by atoms with Crippen molar-refractivity contribution in [1.82, 2.24) is 10.2 Å². The summed E-state index contributed by atoms with van der Waals surface area (Å²) in [5, 5.41) is 3.72. The van der Waals surface area contributed by atoms with E-state index in [1.165, 1.54) is 68.3 Å². The van der Waals surface area contributed by atoms with Gasteiger partial charge in [0.15, 0.2) is 0 Å². The third-order valence-electron chi connectivity index (χ3n) is 4.74. The van der Waals surface area contributed by atoms with Crippen molar-refractivity contribution in [2.45, 2.75) is 44.1 Å². The van der Waals surface area contributed by atoms with Gasteiger partial charge in [0.05, 0.1) is 0 Å². The van der Waals surface area contributed by atoms with Gasteiger partial charge in [-0.1, -0.05) is 28.1 Å². The molecule has 0 amide bonds. The lowest BCUT2D eigenvalue weighted by atomic mass is 9.76. The molecule has 0 spiro atoms. The van der Waals surface area contributed by atoms with E-state index in [4.69, 9.17) is 0 Å². The van der Waals surface area contributed by atoms with E-state index in [-0.39, 0.29) is 0 Å². The lowest BCUT2D eigenvalue weighted by Gasteiger charge is -2.36. The van der Waals surface area contributed by atoms with Crippen molar-refractivity contribution >= 4 is 15.9 Å². The summed E-state index contributed by atoms with van der Waals surface area (Å²) < 4.78 is 1.21. The molecule has 1 aliphatic heterocycles. The van der Waals surface area contributed by atoms with Gasteiger partial charge in [-0.3, -0.25) is 0 Å². The molecular formula is C17H25BrN2. The third-order valence-corrected chi connectivity index (χ3v) is 5.23. The molecule has 3 heteroatoms. The molecule has 2 aliphatic rings. The van der Waals surface area contributed by atoms with Crippen LogP contribution in [0.5, 0.6) is 0 Å². The van der Waals surface area contributed by atoms with Crippen LogP contribution in [0, 0.1) is 0 Å². The number of hydrogen-bond donors (Lipinski definition) is 1. The van der Waals surface area contributed by atoms with Gasteiger partial charge < -0.3 is 10.2 Å². The number of nitrogens with zero attached hydrogens (tertiary/aromatic N) is 1. The third kappa shape index (κ3) is 3.84. The molecule has 0 aromatic heterocycles. The Balaban J connectivity index is 1.30. The Kier molecular flexibility index (Phi) is 5.14. The highest BCUT2D eigenvalue weighted by Gasteiger charge is 2.29. The van der Waals surface area contributed by atoms with Gasteiger partial charge in [0.1, 0.15) is 0 Å². The predicted molar refractivity (Wildman–Crippen MR) is 88.2 cm³/mol. The fourth-order valence-corrected chi connectivity index (χ4v) is 3.85. The second-order valence-electron chi connectivity index (χ2n) is 6.28. The van der Waals surface area contributed by atoms with Crippen LogP contribution in [0.1, 0.15) is 43.6 Å². The maximum atomic E-state index is 3.72. The topological polar surface area (TPSA) is 15.3 Å². The summed E-state index contributed by atoms with van der Waals surface area (Å²) >= 11 is 3.56. The first-order chi connectivity index (χ1) is 9.81. The van der Waals surface area contributed by atoms with Gasteiger partial charge in [0.2, 0.25) is 0 Å². The van der Waals surface area contributed by atoms with Crippen LogP contribution in [0.2, 0.25) is 0 Å². The van der Waals surface area contributed by atoms with E-state index in [2.05, 4.69) is 50.4 Å². The van der Waals surface area contributed by atoms with Gasteiger partial charge in [0, 0.05) is 10.5 Å². The predicted octanol–water partition coefficient (Wildman–Crippen LogP) is 3.77. The van der Waals surface area contributed by atoms with Crippen molar-refractivity contribution in [2.75, 3.05) is 26.2 Å². The first kappa shape index (κ1) is 14.6. The summed E-state index contributed by atoms with van der Waals surface area (Å²) in [6.07, 6.45) is 6.73. The second-order valence-corrected chi connectivity index (χ2v) is 7.19. The molecule has 2 fully saturated rings. The molecule has 1 N–H and O–H groups in total. The Hall–Kier alpha value is -0.380. The van der Waals surface area contributed by atoms with E-state index in [0.717, 1.165) is 12.0 Å². The van der Waals surface area contributed by atoms with Gasteiger partial charge in [-0.2, -0.15) is 0 Å². The molecule has 1 aliphatic carbocycles. The van der Waals surface area contributed by atoms with E-state index in [9.17, 15) is 0 Å². The summed E-state index contributed by atoms with van der Waals surface area (Å²) in [5.41, 5.74) is 1.49. The van der Waals surface area contributed by atoms with Crippen LogP contribution in [0.3, 0.4) is 0 Å². The standard InChI is InChI=1S/C17H25BrN2/c18-16-6-3-5-14(11-16)15-12-17(13-15)19-7-4-10-20-8-1-2-9-20/h3,5-6,11,15,17,19H,1-2,4,7-10,12-13H2. The smallest absolute Gasteiger partial charge is 0.0178 e. The molecule has 1 saturated heterocycles. The Labute approximate surface area is 131 Å². The lowest BCUT2D eigenvalue weighted by molar-refractivity contribution is 0.277. The maximum Gasteiger partial charge on any atom is 0.0178 e. The maximum absolute atomic E-state index is 3.72. The van der Waals surface area contributed by atoms with E-state index in [1.54, 1.807) is 0 Å². The van der Waals surface area contributed by atoms with E-state index >= 15 is 0 Å². The van der Waals surface area contributed by atoms with Crippen LogP contribution in [0.4, 0.5) is 0 Å².